The Morgan fingerprint density at radius 2 is 1.09 bits per heavy atom. The molecule has 0 aliphatic carbocycles. The molecule has 0 saturated carbocycles. The van der Waals surface area contributed by atoms with E-state index in [1.165, 1.54) is 12.1 Å². The molecular formula is C19H16O4. The molecule has 0 radical (unpaired) electrons. The van der Waals surface area contributed by atoms with Gasteiger partial charge in [-0.25, -0.2) is 0 Å². The molecule has 0 N–H and O–H groups in total. The zero-order chi connectivity index (χ0) is 16.2. The Balaban J connectivity index is 1.82. The maximum Gasteiger partial charge on any atom is 0.296 e. The Kier molecular flexibility index (Phi) is 4.15. The molecule has 3 rings (SSSR count). The molecule has 4 heteroatoms. The van der Waals surface area contributed by atoms with Gasteiger partial charge in [-0.2, -0.15) is 0 Å². The van der Waals surface area contributed by atoms with Gasteiger partial charge in [0.25, 0.3) is 11.9 Å². The maximum absolute atomic E-state index is 11.8. The maximum atomic E-state index is 11.8. The van der Waals surface area contributed by atoms with E-state index in [0.29, 0.717) is 11.5 Å². The van der Waals surface area contributed by atoms with E-state index in [4.69, 9.17) is 13.9 Å². The largest absolute Gasteiger partial charge is 0.426 e. The zero-order valence-corrected chi connectivity index (χ0v) is 12.9. The van der Waals surface area contributed by atoms with Crippen molar-refractivity contribution < 1.29 is 13.9 Å². The van der Waals surface area contributed by atoms with E-state index in [1.807, 2.05) is 62.4 Å². The third kappa shape index (κ3) is 4.01. The summed E-state index contributed by atoms with van der Waals surface area (Å²) < 4.78 is 16.6. The second-order valence-electron chi connectivity index (χ2n) is 5.26. The molecule has 0 bridgehead atoms. The molecule has 0 aliphatic rings. The lowest BCUT2D eigenvalue weighted by Crippen LogP contribution is -1.99. The van der Waals surface area contributed by atoms with Gasteiger partial charge in [-0.05, 0) is 38.1 Å². The first kappa shape index (κ1) is 14.9. The van der Waals surface area contributed by atoms with Crippen LogP contribution in [0.15, 0.2) is 69.9 Å². The molecule has 1 aromatic heterocycles. The third-order valence-corrected chi connectivity index (χ3v) is 3.20. The third-order valence-electron chi connectivity index (χ3n) is 3.20. The lowest BCUT2D eigenvalue weighted by molar-refractivity contribution is 0.269. The Hall–Kier alpha value is -3.01. The summed E-state index contributed by atoms with van der Waals surface area (Å²) in [4.78, 5) is 11.8. The summed E-state index contributed by atoms with van der Waals surface area (Å²) in [6, 6.07) is 17.5. The van der Waals surface area contributed by atoms with Crippen LogP contribution in [-0.2, 0) is 0 Å². The highest BCUT2D eigenvalue weighted by molar-refractivity contribution is 5.31. The van der Waals surface area contributed by atoms with E-state index >= 15 is 0 Å². The summed E-state index contributed by atoms with van der Waals surface area (Å²) in [5, 5.41) is 0. The van der Waals surface area contributed by atoms with Crippen molar-refractivity contribution in [3.63, 3.8) is 0 Å². The number of hydrogen-bond donors (Lipinski definition) is 0. The van der Waals surface area contributed by atoms with Gasteiger partial charge in [0.1, 0.15) is 11.5 Å². The fourth-order valence-electron chi connectivity index (χ4n) is 1.98. The molecule has 0 amide bonds. The van der Waals surface area contributed by atoms with Crippen LogP contribution >= 0.6 is 0 Å². The SMILES string of the molecule is Cc1ccc(Oc2cc(=O)cc(Oc3ccc(C)cc3)o2)cc1. The van der Waals surface area contributed by atoms with E-state index < -0.39 is 0 Å². The van der Waals surface area contributed by atoms with Gasteiger partial charge in [-0.1, -0.05) is 35.4 Å². The fourth-order valence-corrected chi connectivity index (χ4v) is 1.98. The number of benzene rings is 2. The highest BCUT2D eigenvalue weighted by Crippen LogP contribution is 2.27. The van der Waals surface area contributed by atoms with Crippen molar-refractivity contribution in [3.8, 4) is 23.4 Å². The molecule has 4 nitrogen and oxygen atoms in total. The van der Waals surface area contributed by atoms with Crippen LogP contribution in [0.25, 0.3) is 0 Å². The van der Waals surface area contributed by atoms with Crippen molar-refractivity contribution in [3.05, 3.63) is 82.0 Å². The molecule has 0 spiro atoms. The van der Waals surface area contributed by atoms with Crippen molar-refractivity contribution in [1.82, 2.24) is 0 Å². The Morgan fingerprint density at radius 1 is 0.696 bits per heavy atom. The number of hydrogen-bond acceptors (Lipinski definition) is 4. The first-order valence-corrected chi connectivity index (χ1v) is 7.23. The van der Waals surface area contributed by atoms with Crippen LogP contribution in [-0.4, -0.2) is 0 Å². The van der Waals surface area contributed by atoms with Gasteiger partial charge < -0.3 is 13.9 Å². The van der Waals surface area contributed by atoms with E-state index in [-0.39, 0.29) is 17.3 Å². The second-order valence-corrected chi connectivity index (χ2v) is 5.26. The van der Waals surface area contributed by atoms with E-state index in [2.05, 4.69) is 0 Å². The average molecular weight is 308 g/mol. The van der Waals surface area contributed by atoms with E-state index in [0.717, 1.165) is 11.1 Å². The van der Waals surface area contributed by atoms with Gasteiger partial charge in [0.15, 0.2) is 5.43 Å². The van der Waals surface area contributed by atoms with Crippen molar-refractivity contribution in [2.24, 2.45) is 0 Å². The molecule has 0 aliphatic heterocycles. The monoisotopic (exact) mass is 308 g/mol. The fraction of sp³-hybridized carbons (Fsp3) is 0.105. The highest BCUT2D eigenvalue weighted by Gasteiger charge is 2.07. The normalized spacial score (nSPS) is 10.3. The number of rotatable bonds is 4. The quantitative estimate of drug-likeness (QED) is 0.692. The van der Waals surface area contributed by atoms with Crippen molar-refractivity contribution >= 4 is 0 Å². The molecule has 23 heavy (non-hydrogen) atoms. The van der Waals surface area contributed by atoms with Gasteiger partial charge in [0.05, 0.1) is 12.1 Å². The number of ether oxygens (including phenoxy) is 2. The van der Waals surface area contributed by atoms with Crippen LogP contribution in [0.4, 0.5) is 0 Å². The van der Waals surface area contributed by atoms with Crippen LogP contribution < -0.4 is 14.9 Å². The molecule has 0 saturated heterocycles. The van der Waals surface area contributed by atoms with Crippen LogP contribution in [0, 0.1) is 13.8 Å². The minimum absolute atomic E-state index is 0.0865. The smallest absolute Gasteiger partial charge is 0.296 e. The van der Waals surface area contributed by atoms with Crippen LogP contribution in [0.5, 0.6) is 23.4 Å². The van der Waals surface area contributed by atoms with Crippen molar-refractivity contribution in [1.29, 1.82) is 0 Å². The first-order chi connectivity index (χ1) is 11.1. The van der Waals surface area contributed by atoms with Gasteiger partial charge in [0, 0.05) is 0 Å². The summed E-state index contributed by atoms with van der Waals surface area (Å²) in [6.07, 6.45) is 0. The van der Waals surface area contributed by atoms with E-state index in [1.54, 1.807) is 0 Å². The second kappa shape index (κ2) is 6.40. The molecule has 2 aromatic carbocycles. The predicted molar refractivity (Wildman–Crippen MR) is 87.5 cm³/mol. The summed E-state index contributed by atoms with van der Waals surface area (Å²) in [5.41, 5.74) is 1.99. The lowest BCUT2D eigenvalue weighted by Gasteiger charge is -2.08. The first-order valence-electron chi connectivity index (χ1n) is 7.23. The molecule has 0 fully saturated rings. The van der Waals surface area contributed by atoms with E-state index in [9.17, 15) is 4.79 Å². The van der Waals surface area contributed by atoms with Gasteiger partial charge in [0.2, 0.25) is 0 Å². The summed E-state index contributed by atoms with van der Waals surface area (Å²) in [6.45, 7) is 3.97. The zero-order valence-electron chi connectivity index (χ0n) is 12.9. The molecule has 1 heterocycles. The van der Waals surface area contributed by atoms with Gasteiger partial charge in [-0.3, -0.25) is 4.79 Å². The standard InChI is InChI=1S/C19H16O4/c1-13-3-7-16(8-4-13)21-18-11-15(20)12-19(23-18)22-17-9-5-14(2)6-10-17/h3-12H,1-2H3. The highest BCUT2D eigenvalue weighted by atomic mass is 16.6. The minimum atomic E-state index is -0.250. The van der Waals surface area contributed by atoms with Crippen LogP contribution in [0.2, 0.25) is 0 Å². The Morgan fingerprint density at radius 3 is 1.48 bits per heavy atom. The molecule has 0 atom stereocenters. The van der Waals surface area contributed by atoms with Gasteiger partial charge >= 0.3 is 0 Å². The lowest BCUT2D eigenvalue weighted by atomic mass is 10.2. The molecule has 3 aromatic rings. The predicted octanol–water partition coefficient (Wildman–Crippen LogP) is 4.84. The summed E-state index contributed by atoms with van der Waals surface area (Å²) in [5.74, 6) is 1.35. The number of aryl methyl sites for hydroxylation is 2. The molecule has 0 unspecified atom stereocenters. The Bertz CT molecular complexity index is 777. The molecule has 116 valence electrons. The average Bonchev–Trinajstić information content (AvgIpc) is 2.51. The molecular weight excluding hydrogens is 292 g/mol. The summed E-state index contributed by atoms with van der Waals surface area (Å²) >= 11 is 0. The minimum Gasteiger partial charge on any atom is -0.426 e. The summed E-state index contributed by atoms with van der Waals surface area (Å²) in [7, 11) is 0. The van der Waals surface area contributed by atoms with Crippen molar-refractivity contribution in [2.75, 3.05) is 0 Å². The topological polar surface area (TPSA) is 48.7 Å². The Labute approximate surface area is 133 Å². The van der Waals surface area contributed by atoms with Crippen molar-refractivity contribution in [2.45, 2.75) is 13.8 Å². The van der Waals surface area contributed by atoms with Crippen LogP contribution in [0.3, 0.4) is 0 Å². The van der Waals surface area contributed by atoms with Crippen LogP contribution in [0.1, 0.15) is 11.1 Å². The van der Waals surface area contributed by atoms with Gasteiger partial charge in [-0.15, -0.1) is 0 Å².